The monoisotopic (exact) mass is 495 g/mol. The van der Waals surface area contributed by atoms with Crippen LogP contribution in [0.1, 0.15) is 83.1 Å². The molecule has 196 valence electrons. The van der Waals surface area contributed by atoms with E-state index in [-0.39, 0.29) is 5.41 Å². The largest absolute Gasteiger partial charge is 0.458 e. The maximum atomic E-state index is 14.4. The molecule has 0 N–H and O–H groups in total. The van der Waals surface area contributed by atoms with Gasteiger partial charge in [0, 0.05) is 0 Å². The van der Waals surface area contributed by atoms with E-state index in [0.717, 1.165) is 11.1 Å². The molecule has 2 aliphatic rings. The maximum absolute atomic E-state index is 14.4. The Morgan fingerprint density at radius 2 is 1.19 bits per heavy atom. The lowest BCUT2D eigenvalue weighted by Crippen LogP contribution is -2.88. The van der Waals surface area contributed by atoms with Crippen LogP contribution in [0.2, 0.25) is 0 Å². The molecule has 1 aromatic carbocycles. The molecule has 36 heavy (non-hydrogen) atoms. The number of benzene rings is 1. The van der Waals surface area contributed by atoms with Crippen molar-refractivity contribution in [1.82, 2.24) is 13.9 Å². The van der Waals surface area contributed by atoms with E-state index in [0.29, 0.717) is 5.69 Å². The number of para-hydroxylation sites is 1. The standard InChI is InChI=1S/C29H41N3O4/c1-24(2,3)19-20(25(4,5)6)29(26(7,8)9)28(19,21(33)36-27(10,11)12)31-22(34)30(23(35)32(29)31)18-16-14-13-15-17-18/h13-17H,1-12H3/t28-,29+/m1/s1. The summed E-state index contributed by atoms with van der Waals surface area (Å²) in [5, 5.41) is 0. The van der Waals surface area contributed by atoms with Gasteiger partial charge in [-0.2, -0.15) is 0 Å². The normalized spacial score (nSPS) is 24.0. The zero-order chi connectivity index (χ0) is 27.4. The number of esters is 1. The SMILES string of the molecule is CC(C)(C)OC(=O)[C@]12C(C(C)(C)C)=C(C(C)(C)C)[C@@]1(C(C)(C)C)n1c(=O)n(-c3ccccc3)c(=O)n12. The average Bonchev–Trinajstić information content (AvgIpc) is 2.86. The van der Waals surface area contributed by atoms with Gasteiger partial charge in [0.05, 0.1) is 5.69 Å². The van der Waals surface area contributed by atoms with Gasteiger partial charge >= 0.3 is 17.3 Å². The Balaban J connectivity index is 2.26. The second-order valence-electron chi connectivity index (χ2n) is 14.3. The van der Waals surface area contributed by atoms with Crippen LogP contribution in [0.5, 0.6) is 0 Å². The van der Waals surface area contributed by atoms with Gasteiger partial charge < -0.3 is 4.74 Å². The summed E-state index contributed by atoms with van der Waals surface area (Å²) < 4.78 is 10.2. The topological polar surface area (TPSA) is 75.2 Å². The van der Waals surface area contributed by atoms with Crippen molar-refractivity contribution in [2.45, 2.75) is 99.8 Å². The number of rotatable bonds is 2. The number of hydrogen-bond donors (Lipinski definition) is 0. The highest BCUT2D eigenvalue weighted by Crippen LogP contribution is 2.75. The number of hydrogen-bond acceptors (Lipinski definition) is 4. The van der Waals surface area contributed by atoms with E-state index in [9.17, 15) is 14.4 Å². The van der Waals surface area contributed by atoms with Crippen LogP contribution in [0.4, 0.5) is 0 Å². The highest BCUT2D eigenvalue weighted by Gasteiger charge is 2.86. The Morgan fingerprint density at radius 1 is 0.722 bits per heavy atom. The van der Waals surface area contributed by atoms with Gasteiger partial charge in [0.2, 0.25) is 5.54 Å². The molecule has 0 saturated carbocycles. The van der Waals surface area contributed by atoms with Crippen molar-refractivity contribution < 1.29 is 9.53 Å². The third-order valence-corrected chi connectivity index (χ3v) is 7.37. The predicted octanol–water partition coefficient (Wildman–Crippen LogP) is 5.00. The molecule has 0 amide bonds. The van der Waals surface area contributed by atoms with Gasteiger partial charge in [-0.1, -0.05) is 80.5 Å². The van der Waals surface area contributed by atoms with Crippen molar-refractivity contribution in [2.75, 3.05) is 0 Å². The lowest BCUT2D eigenvalue weighted by Gasteiger charge is -2.74. The summed E-state index contributed by atoms with van der Waals surface area (Å²) in [7, 11) is 0. The van der Waals surface area contributed by atoms with Crippen molar-refractivity contribution >= 4 is 5.97 Å². The second kappa shape index (κ2) is 7.14. The van der Waals surface area contributed by atoms with Crippen molar-refractivity contribution in [3.05, 3.63) is 62.4 Å². The number of carbonyl (C=O) groups excluding carboxylic acids is 1. The molecule has 0 unspecified atom stereocenters. The highest BCUT2D eigenvalue weighted by atomic mass is 16.6. The molecule has 0 bridgehead atoms. The van der Waals surface area contributed by atoms with E-state index in [2.05, 4.69) is 41.5 Å². The molecule has 0 spiro atoms. The molecule has 1 aliphatic heterocycles. The third-order valence-electron chi connectivity index (χ3n) is 7.37. The number of aromatic nitrogens is 3. The van der Waals surface area contributed by atoms with Crippen molar-refractivity contribution in [3.8, 4) is 5.69 Å². The zero-order valence-corrected chi connectivity index (χ0v) is 23.9. The van der Waals surface area contributed by atoms with Gasteiger partial charge in [-0.25, -0.2) is 28.3 Å². The van der Waals surface area contributed by atoms with E-state index in [4.69, 9.17) is 4.74 Å². The van der Waals surface area contributed by atoms with Gasteiger partial charge in [0.15, 0.2) is 0 Å². The molecule has 1 aliphatic carbocycles. The third kappa shape index (κ3) is 2.94. The first-order valence-electron chi connectivity index (χ1n) is 12.7. The number of fused-ring (bicyclic) bond motifs is 4. The first kappa shape index (κ1) is 26.2. The van der Waals surface area contributed by atoms with E-state index in [1.165, 1.54) is 9.25 Å². The molecule has 4 rings (SSSR count). The maximum Gasteiger partial charge on any atom is 0.353 e. The lowest BCUT2D eigenvalue weighted by molar-refractivity contribution is -0.212. The molecular formula is C29H41N3O4. The molecule has 2 aromatic rings. The summed E-state index contributed by atoms with van der Waals surface area (Å²) >= 11 is 0. The summed E-state index contributed by atoms with van der Waals surface area (Å²) in [5.41, 5.74) is -3.35. The second-order valence-corrected chi connectivity index (χ2v) is 14.3. The number of ether oxygens (including phenoxy) is 1. The van der Waals surface area contributed by atoms with Gasteiger partial charge in [0.1, 0.15) is 11.1 Å². The summed E-state index contributed by atoms with van der Waals surface area (Å²) in [4.78, 5) is 42.7. The van der Waals surface area contributed by atoms with Gasteiger partial charge in [-0.05, 0) is 60.3 Å². The molecule has 2 atom stereocenters. The van der Waals surface area contributed by atoms with Gasteiger partial charge in [-0.15, -0.1) is 0 Å². The van der Waals surface area contributed by atoms with E-state index in [1.54, 1.807) is 28.9 Å². The number of nitrogens with zero attached hydrogens (tertiary/aromatic N) is 3. The zero-order valence-electron chi connectivity index (χ0n) is 23.9. The van der Waals surface area contributed by atoms with Crippen molar-refractivity contribution in [1.29, 1.82) is 0 Å². The summed E-state index contributed by atoms with van der Waals surface area (Å²) in [6.45, 7) is 24.1. The van der Waals surface area contributed by atoms with Gasteiger partial charge in [-0.3, -0.25) is 0 Å². The van der Waals surface area contributed by atoms with Crippen molar-refractivity contribution in [2.24, 2.45) is 16.2 Å². The fourth-order valence-corrected chi connectivity index (χ4v) is 6.72. The fourth-order valence-electron chi connectivity index (χ4n) is 6.72. The molecule has 0 saturated heterocycles. The Bertz CT molecular complexity index is 1390. The summed E-state index contributed by atoms with van der Waals surface area (Å²) in [6.07, 6.45) is 0. The minimum atomic E-state index is -1.43. The highest BCUT2D eigenvalue weighted by molar-refractivity contribution is 5.92. The summed E-state index contributed by atoms with van der Waals surface area (Å²) in [6, 6.07) is 8.88. The molecular weight excluding hydrogens is 454 g/mol. The lowest BCUT2D eigenvalue weighted by atomic mass is 9.38. The summed E-state index contributed by atoms with van der Waals surface area (Å²) in [5.74, 6) is -0.491. The van der Waals surface area contributed by atoms with E-state index in [1.807, 2.05) is 47.6 Å². The van der Waals surface area contributed by atoms with E-state index < -0.39 is 44.9 Å². The van der Waals surface area contributed by atoms with Crippen LogP contribution >= 0.6 is 0 Å². The van der Waals surface area contributed by atoms with E-state index >= 15 is 0 Å². The van der Waals surface area contributed by atoms with Crippen LogP contribution in [-0.4, -0.2) is 25.5 Å². The van der Waals surface area contributed by atoms with Gasteiger partial charge in [0.25, 0.3) is 0 Å². The Hall–Kier alpha value is -2.83. The smallest absolute Gasteiger partial charge is 0.353 e. The molecule has 1 aromatic heterocycles. The van der Waals surface area contributed by atoms with Crippen LogP contribution in [0, 0.1) is 16.2 Å². The molecule has 0 fully saturated rings. The van der Waals surface area contributed by atoms with Crippen LogP contribution in [0.3, 0.4) is 0 Å². The average molecular weight is 496 g/mol. The van der Waals surface area contributed by atoms with Crippen LogP contribution in [0.25, 0.3) is 5.69 Å². The van der Waals surface area contributed by atoms with Crippen molar-refractivity contribution in [3.63, 3.8) is 0 Å². The Morgan fingerprint density at radius 3 is 1.61 bits per heavy atom. The first-order valence-corrected chi connectivity index (χ1v) is 12.7. The molecule has 7 heteroatoms. The quantitative estimate of drug-likeness (QED) is 0.434. The van der Waals surface area contributed by atoms with Crippen LogP contribution in [0.15, 0.2) is 51.1 Å². The minimum Gasteiger partial charge on any atom is -0.458 e. The predicted molar refractivity (Wildman–Crippen MR) is 141 cm³/mol. The number of allylic oxidation sites excluding steroid dienone is 1. The molecule has 7 nitrogen and oxygen atoms in total. The molecule has 2 heterocycles. The number of carbonyl (C=O) groups is 1. The molecule has 0 radical (unpaired) electrons. The minimum absolute atomic E-state index is 0.378. The van der Waals surface area contributed by atoms with Crippen LogP contribution in [-0.2, 0) is 20.6 Å². The Kier molecular flexibility index (Phi) is 5.20. The first-order chi connectivity index (χ1) is 16.2. The van der Waals surface area contributed by atoms with Crippen LogP contribution < -0.4 is 11.4 Å². The fraction of sp³-hybridized carbons (Fsp3) is 0.621. The Labute approximate surface area is 213 Å².